The number of allylic oxidation sites excluding steroid dienone is 14. The zero-order valence-electron chi connectivity index (χ0n) is 42.7. The number of phosphoric ester groups is 1. The van der Waals surface area contributed by atoms with Gasteiger partial charge in [-0.25, -0.2) is 4.57 Å². The first-order valence-electron chi connectivity index (χ1n) is 26.5. The topological polar surface area (TPSA) is 105 Å². The van der Waals surface area contributed by atoms with Crippen molar-refractivity contribution < 1.29 is 32.9 Å². The predicted octanol–water partition coefficient (Wildman–Crippen LogP) is 15.7. The van der Waals surface area contributed by atoms with Gasteiger partial charge in [-0.1, -0.05) is 221 Å². The number of carbonyl (C=O) groups excluding carboxylic acids is 1. The number of aliphatic hydroxyl groups excluding tert-OH is 1. The molecule has 0 spiro atoms. The quantitative estimate of drug-likeness (QED) is 0.0243. The van der Waals surface area contributed by atoms with Crippen LogP contribution in [0.4, 0.5) is 0 Å². The monoisotopic (exact) mass is 930 g/mol. The van der Waals surface area contributed by atoms with Crippen molar-refractivity contribution in [2.75, 3.05) is 40.9 Å². The highest BCUT2D eigenvalue weighted by Crippen LogP contribution is 2.43. The Morgan fingerprint density at radius 2 is 0.923 bits per heavy atom. The zero-order chi connectivity index (χ0) is 47.8. The Bertz CT molecular complexity index is 1330. The van der Waals surface area contributed by atoms with Gasteiger partial charge < -0.3 is 19.8 Å². The van der Waals surface area contributed by atoms with Gasteiger partial charge in [0.05, 0.1) is 39.9 Å². The lowest BCUT2D eigenvalue weighted by Gasteiger charge is -2.26. The number of quaternary nitrogens is 1. The molecule has 0 aromatic heterocycles. The largest absolute Gasteiger partial charge is 0.472 e. The van der Waals surface area contributed by atoms with Crippen molar-refractivity contribution in [2.24, 2.45) is 0 Å². The van der Waals surface area contributed by atoms with Gasteiger partial charge in [0.25, 0.3) is 0 Å². The third-order valence-electron chi connectivity index (χ3n) is 11.4. The van der Waals surface area contributed by atoms with E-state index in [0.717, 1.165) is 89.9 Å². The second kappa shape index (κ2) is 46.8. The average Bonchev–Trinajstić information content (AvgIpc) is 3.26. The SMILES string of the molecule is CC/C=C\C/C=C\C/C=C\C/C=C\C/C=C\C/C=C\C/C=C\CCCCCC(=O)NC(COP(=O)(O)OCC[N+](C)(C)C)C(O)CCCCCCCCCCCCCCCCCCCC. The van der Waals surface area contributed by atoms with E-state index in [-0.39, 0.29) is 19.1 Å². The number of nitrogens with one attached hydrogen (secondary N) is 1. The molecule has 0 rings (SSSR count). The van der Waals surface area contributed by atoms with Crippen molar-refractivity contribution in [3.05, 3.63) is 85.1 Å². The molecule has 0 aliphatic rings. The van der Waals surface area contributed by atoms with Gasteiger partial charge in [-0.2, -0.15) is 0 Å². The second-order valence-electron chi connectivity index (χ2n) is 18.9. The third-order valence-corrected chi connectivity index (χ3v) is 12.4. The van der Waals surface area contributed by atoms with Gasteiger partial charge in [-0.05, 0) is 70.6 Å². The highest BCUT2D eigenvalue weighted by molar-refractivity contribution is 7.47. The lowest BCUT2D eigenvalue weighted by Crippen LogP contribution is -2.46. The maximum absolute atomic E-state index is 13.0. The van der Waals surface area contributed by atoms with Crippen LogP contribution in [0.3, 0.4) is 0 Å². The molecule has 0 aliphatic carbocycles. The van der Waals surface area contributed by atoms with Crippen LogP contribution in [0, 0.1) is 0 Å². The Morgan fingerprint density at radius 3 is 1.34 bits per heavy atom. The van der Waals surface area contributed by atoms with Crippen LogP contribution in [-0.4, -0.2) is 73.4 Å². The number of nitrogens with zero attached hydrogens (tertiary/aromatic N) is 1. The number of hydrogen-bond acceptors (Lipinski definition) is 5. The molecule has 0 aromatic rings. The van der Waals surface area contributed by atoms with Gasteiger partial charge in [-0.15, -0.1) is 0 Å². The Kier molecular flexibility index (Phi) is 45.1. The summed E-state index contributed by atoms with van der Waals surface area (Å²) in [7, 11) is 1.58. The van der Waals surface area contributed by atoms with Crippen molar-refractivity contribution >= 4 is 13.7 Å². The minimum Gasteiger partial charge on any atom is -0.391 e. The van der Waals surface area contributed by atoms with Crippen LogP contribution >= 0.6 is 7.82 Å². The first kappa shape index (κ1) is 62.7. The highest BCUT2D eigenvalue weighted by atomic mass is 31.2. The van der Waals surface area contributed by atoms with Crippen LogP contribution in [0.15, 0.2) is 85.1 Å². The summed E-state index contributed by atoms with van der Waals surface area (Å²) in [5.41, 5.74) is 0. The number of phosphoric acid groups is 1. The fourth-order valence-electron chi connectivity index (χ4n) is 7.26. The summed E-state index contributed by atoms with van der Waals surface area (Å²) in [4.78, 5) is 23.3. The van der Waals surface area contributed by atoms with Crippen molar-refractivity contribution in [1.29, 1.82) is 0 Å². The van der Waals surface area contributed by atoms with E-state index in [1.54, 1.807) is 0 Å². The van der Waals surface area contributed by atoms with Crippen LogP contribution < -0.4 is 5.32 Å². The van der Waals surface area contributed by atoms with Crippen LogP contribution in [0.1, 0.15) is 213 Å². The minimum atomic E-state index is -4.34. The van der Waals surface area contributed by atoms with Crippen LogP contribution in [0.25, 0.3) is 0 Å². The predicted molar refractivity (Wildman–Crippen MR) is 281 cm³/mol. The molecule has 0 saturated heterocycles. The second-order valence-corrected chi connectivity index (χ2v) is 20.3. The van der Waals surface area contributed by atoms with Gasteiger partial charge in [0.15, 0.2) is 0 Å². The fraction of sp³-hybridized carbons (Fsp3) is 0.732. The van der Waals surface area contributed by atoms with E-state index >= 15 is 0 Å². The standard InChI is InChI=1S/C56H101N2O6P/c1-6-8-10-12-14-16-18-20-22-24-26-27-28-29-30-31-32-34-36-38-40-42-44-46-48-50-56(60)57-54(53-64-65(61,62)63-52-51-58(3,4)5)55(59)49-47-45-43-41-39-37-35-33-25-23-21-19-17-15-13-11-9-7-2/h8,10,14,16,20,22,26-27,29-30,32,34,38,40,54-55,59H,6-7,9,11-13,15,17-19,21,23-25,28,31,33,35-37,39,41-53H2,1-5H3,(H-,57,60,61,62)/p+1/b10-8-,16-14-,22-20-,27-26-,30-29-,34-32-,40-38-. The molecule has 0 saturated carbocycles. The zero-order valence-corrected chi connectivity index (χ0v) is 43.6. The summed E-state index contributed by atoms with van der Waals surface area (Å²) in [5.74, 6) is -0.178. The smallest absolute Gasteiger partial charge is 0.391 e. The summed E-state index contributed by atoms with van der Waals surface area (Å²) in [6.45, 7) is 4.75. The first-order chi connectivity index (χ1) is 31.5. The number of amides is 1. The van der Waals surface area contributed by atoms with Gasteiger partial charge in [-0.3, -0.25) is 13.8 Å². The minimum absolute atomic E-state index is 0.0634. The lowest BCUT2D eigenvalue weighted by atomic mass is 10.0. The number of likely N-dealkylation sites (N-methyl/N-ethyl adjacent to an activating group) is 1. The van der Waals surface area contributed by atoms with Gasteiger partial charge in [0.1, 0.15) is 13.2 Å². The maximum atomic E-state index is 13.0. The normalized spacial score (nSPS) is 14.8. The molecule has 8 nitrogen and oxygen atoms in total. The summed E-state index contributed by atoms with van der Waals surface area (Å²) in [5, 5.41) is 14.0. The Morgan fingerprint density at radius 1 is 0.538 bits per heavy atom. The van der Waals surface area contributed by atoms with Crippen molar-refractivity contribution in [2.45, 2.75) is 225 Å². The Hall–Kier alpha value is -2.32. The molecule has 9 heteroatoms. The van der Waals surface area contributed by atoms with Crippen LogP contribution in [0.2, 0.25) is 0 Å². The van der Waals surface area contributed by atoms with Crippen molar-refractivity contribution in [3.63, 3.8) is 0 Å². The summed E-state index contributed by atoms with van der Waals surface area (Å²) < 4.78 is 23.7. The Labute approximate surface area is 401 Å². The average molecular weight is 930 g/mol. The molecule has 376 valence electrons. The van der Waals surface area contributed by atoms with E-state index in [9.17, 15) is 19.4 Å². The molecule has 1 amide bonds. The molecule has 0 fully saturated rings. The highest BCUT2D eigenvalue weighted by Gasteiger charge is 2.28. The molecule has 0 aromatic carbocycles. The summed E-state index contributed by atoms with van der Waals surface area (Å²) in [6.07, 6.45) is 64.8. The van der Waals surface area contributed by atoms with E-state index < -0.39 is 20.0 Å². The van der Waals surface area contributed by atoms with Gasteiger partial charge >= 0.3 is 7.82 Å². The molecule has 3 N–H and O–H groups in total. The molecule has 0 bridgehead atoms. The summed E-state index contributed by atoms with van der Waals surface area (Å²) >= 11 is 0. The number of carbonyl (C=O) groups is 1. The van der Waals surface area contributed by atoms with Crippen LogP contribution in [0.5, 0.6) is 0 Å². The van der Waals surface area contributed by atoms with Crippen LogP contribution in [-0.2, 0) is 18.4 Å². The number of rotatable bonds is 47. The molecular formula is C56H102N2O6P+. The van der Waals surface area contributed by atoms with E-state index in [1.165, 1.54) is 96.3 Å². The summed E-state index contributed by atoms with van der Waals surface area (Å²) in [6, 6.07) is -0.785. The van der Waals surface area contributed by atoms with E-state index in [2.05, 4.69) is 104 Å². The first-order valence-corrected chi connectivity index (χ1v) is 27.9. The Balaban J connectivity index is 4.35. The molecule has 0 aliphatic heterocycles. The molecule has 65 heavy (non-hydrogen) atoms. The van der Waals surface area contributed by atoms with E-state index in [0.29, 0.717) is 23.9 Å². The molecule has 3 atom stereocenters. The van der Waals surface area contributed by atoms with E-state index in [1.807, 2.05) is 21.1 Å². The lowest BCUT2D eigenvalue weighted by molar-refractivity contribution is -0.870. The molecule has 0 heterocycles. The number of hydrogen-bond donors (Lipinski definition) is 3. The molecule has 0 radical (unpaired) electrons. The van der Waals surface area contributed by atoms with Crippen molar-refractivity contribution in [1.82, 2.24) is 5.32 Å². The van der Waals surface area contributed by atoms with Gasteiger partial charge in [0.2, 0.25) is 5.91 Å². The molecular weight excluding hydrogens is 828 g/mol. The van der Waals surface area contributed by atoms with Crippen molar-refractivity contribution in [3.8, 4) is 0 Å². The fourth-order valence-corrected chi connectivity index (χ4v) is 8.00. The number of unbranched alkanes of at least 4 members (excludes halogenated alkanes) is 20. The van der Waals surface area contributed by atoms with E-state index in [4.69, 9.17) is 9.05 Å². The third kappa shape index (κ3) is 49.4. The number of aliphatic hydroxyl groups is 1. The maximum Gasteiger partial charge on any atom is 0.472 e. The van der Waals surface area contributed by atoms with Gasteiger partial charge in [0, 0.05) is 6.42 Å². The molecule has 3 unspecified atom stereocenters.